The normalized spacial score (nSPS) is 17.6. The minimum Gasteiger partial charge on any atom is -0.495 e. The molecule has 22 heavy (non-hydrogen) atoms. The van der Waals surface area contributed by atoms with Crippen molar-refractivity contribution in [2.45, 2.75) is 11.3 Å². The third-order valence-corrected chi connectivity index (χ3v) is 4.59. The number of thioether (sulfide) groups is 1. The van der Waals surface area contributed by atoms with Crippen molar-refractivity contribution in [3.05, 3.63) is 27.8 Å². The molecule has 2 rings (SSSR count). The smallest absolute Gasteiger partial charge is 0.285 e. The van der Waals surface area contributed by atoms with Gasteiger partial charge in [-0.05, 0) is 31.2 Å². The Morgan fingerprint density at radius 2 is 2.32 bits per heavy atom. The van der Waals surface area contributed by atoms with Crippen LogP contribution in [0.1, 0.15) is 16.8 Å². The van der Waals surface area contributed by atoms with Crippen LogP contribution in [-0.4, -0.2) is 48.7 Å². The fourth-order valence-electron chi connectivity index (χ4n) is 2.57. The molecular formula is C14H19N3O4S. The standard InChI is InChI=1S/C14H19N3O4S/c1-21-12-6-11(17(19)20)10(5-13(12)22-2)14(18)16-4-3-9(7-15)8-16/h5-6,9H,3-4,7-8,15H2,1-2H3. The van der Waals surface area contributed by atoms with E-state index < -0.39 is 4.92 Å². The van der Waals surface area contributed by atoms with E-state index in [0.717, 1.165) is 6.42 Å². The molecule has 1 amide bonds. The molecule has 1 saturated heterocycles. The van der Waals surface area contributed by atoms with Gasteiger partial charge in [0.1, 0.15) is 11.3 Å². The maximum absolute atomic E-state index is 12.6. The van der Waals surface area contributed by atoms with Crippen molar-refractivity contribution in [3.63, 3.8) is 0 Å². The molecule has 1 aliphatic heterocycles. The number of nitrogens with two attached hydrogens (primary N) is 1. The van der Waals surface area contributed by atoms with E-state index in [9.17, 15) is 14.9 Å². The molecule has 0 bridgehead atoms. The SMILES string of the molecule is COc1cc([N+](=O)[O-])c(C(=O)N2CCC(CN)C2)cc1SC. The van der Waals surface area contributed by atoms with E-state index in [1.165, 1.54) is 24.9 Å². The number of likely N-dealkylation sites (tertiary alicyclic amines) is 1. The zero-order valence-corrected chi connectivity index (χ0v) is 13.4. The molecule has 1 heterocycles. The van der Waals surface area contributed by atoms with Crippen LogP contribution in [0.2, 0.25) is 0 Å². The van der Waals surface area contributed by atoms with E-state index in [1.807, 2.05) is 6.26 Å². The first kappa shape index (κ1) is 16.6. The van der Waals surface area contributed by atoms with Gasteiger partial charge in [-0.25, -0.2) is 0 Å². The molecule has 0 aliphatic carbocycles. The number of nitro benzene ring substituents is 1. The molecule has 2 N–H and O–H groups in total. The number of hydrogen-bond acceptors (Lipinski definition) is 6. The Kier molecular flexibility index (Phi) is 5.25. The fraction of sp³-hybridized carbons (Fsp3) is 0.500. The molecule has 7 nitrogen and oxygen atoms in total. The minimum absolute atomic E-state index is 0.104. The van der Waals surface area contributed by atoms with E-state index in [-0.39, 0.29) is 23.1 Å². The molecule has 1 fully saturated rings. The lowest BCUT2D eigenvalue weighted by Gasteiger charge is -2.17. The van der Waals surface area contributed by atoms with Gasteiger partial charge in [-0.1, -0.05) is 0 Å². The van der Waals surface area contributed by atoms with Crippen molar-refractivity contribution >= 4 is 23.4 Å². The van der Waals surface area contributed by atoms with Crippen LogP contribution in [0.25, 0.3) is 0 Å². The highest BCUT2D eigenvalue weighted by Gasteiger charge is 2.31. The molecule has 0 spiro atoms. The largest absolute Gasteiger partial charge is 0.495 e. The summed E-state index contributed by atoms with van der Waals surface area (Å²) in [7, 11) is 1.45. The summed E-state index contributed by atoms with van der Waals surface area (Å²) in [5.74, 6) is 0.346. The molecule has 1 atom stereocenters. The molecule has 1 aliphatic rings. The number of methoxy groups -OCH3 is 1. The number of ether oxygens (including phenoxy) is 1. The molecule has 0 saturated carbocycles. The summed E-state index contributed by atoms with van der Waals surface area (Å²) < 4.78 is 5.16. The van der Waals surface area contributed by atoms with Crippen LogP contribution in [0.5, 0.6) is 5.75 Å². The van der Waals surface area contributed by atoms with Crippen molar-refractivity contribution in [1.29, 1.82) is 0 Å². The summed E-state index contributed by atoms with van der Waals surface area (Å²) in [6.45, 7) is 1.65. The van der Waals surface area contributed by atoms with Crippen molar-refractivity contribution in [1.82, 2.24) is 4.90 Å². The van der Waals surface area contributed by atoms with Gasteiger partial charge < -0.3 is 15.4 Å². The predicted octanol–water partition coefficient (Wildman–Crippen LogP) is 1.75. The lowest BCUT2D eigenvalue weighted by Crippen LogP contribution is -2.30. The molecule has 120 valence electrons. The van der Waals surface area contributed by atoms with Crippen LogP contribution in [0.3, 0.4) is 0 Å². The first-order valence-corrected chi connectivity index (χ1v) is 8.14. The highest BCUT2D eigenvalue weighted by molar-refractivity contribution is 7.98. The number of carbonyl (C=O) groups excluding carboxylic acids is 1. The molecule has 8 heteroatoms. The summed E-state index contributed by atoms with van der Waals surface area (Å²) in [5.41, 5.74) is 5.51. The van der Waals surface area contributed by atoms with E-state index in [0.29, 0.717) is 30.3 Å². The first-order chi connectivity index (χ1) is 10.5. The molecule has 0 aromatic heterocycles. The van der Waals surface area contributed by atoms with Gasteiger partial charge in [0.25, 0.3) is 11.6 Å². The Morgan fingerprint density at radius 1 is 1.59 bits per heavy atom. The number of rotatable bonds is 5. The third-order valence-electron chi connectivity index (χ3n) is 3.84. The Balaban J connectivity index is 2.40. The zero-order valence-electron chi connectivity index (χ0n) is 12.6. The summed E-state index contributed by atoms with van der Waals surface area (Å²) >= 11 is 1.38. The molecule has 0 radical (unpaired) electrons. The fourth-order valence-corrected chi connectivity index (χ4v) is 3.15. The second-order valence-electron chi connectivity index (χ2n) is 5.12. The van der Waals surface area contributed by atoms with Crippen molar-refractivity contribution < 1.29 is 14.5 Å². The second-order valence-corrected chi connectivity index (χ2v) is 5.97. The maximum atomic E-state index is 12.6. The summed E-state index contributed by atoms with van der Waals surface area (Å²) in [6.07, 6.45) is 2.67. The highest BCUT2D eigenvalue weighted by atomic mass is 32.2. The van der Waals surface area contributed by atoms with Gasteiger partial charge in [-0.2, -0.15) is 0 Å². The second kappa shape index (κ2) is 6.97. The van der Waals surface area contributed by atoms with Crippen LogP contribution in [0.4, 0.5) is 5.69 Å². The average Bonchev–Trinajstić information content (AvgIpc) is 3.01. The predicted molar refractivity (Wildman–Crippen MR) is 84.5 cm³/mol. The van der Waals surface area contributed by atoms with Crippen molar-refractivity contribution in [2.24, 2.45) is 11.7 Å². The van der Waals surface area contributed by atoms with Crippen LogP contribution < -0.4 is 10.5 Å². The van der Waals surface area contributed by atoms with Crippen LogP contribution in [0.15, 0.2) is 17.0 Å². The van der Waals surface area contributed by atoms with Gasteiger partial charge in [0.2, 0.25) is 0 Å². The van der Waals surface area contributed by atoms with Gasteiger partial charge in [-0.3, -0.25) is 14.9 Å². The van der Waals surface area contributed by atoms with Crippen LogP contribution in [-0.2, 0) is 0 Å². The molecular weight excluding hydrogens is 306 g/mol. The Labute approximate surface area is 132 Å². The van der Waals surface area contributed by atoms with Gasteiger partial charge in [0.15, 0.2) is 0 Å². The topological polar surface area (TPSA) is 98.7 Å². The zero-order chi connectivity index (χ0) is 16.3. The lowest BCUT2D eigenvalue weighted by molar-refractivity contribution is -0.385. The van der Waals surface area contributed by atoms with Gasteiger partial charge in [0, 0.05) is 13.1 Å². The van der Waals surface area contributed by atoms with Gasteiger partial charge in [0.05, 0.1) is 23.0 Å². The number of nitro groups is 1. The lowest BCUT2D eigenvalue weighted by atomic mass is 10.1. The summed E-state index contributed by atoms with van der Waals surface area (Å²) in [4.78, 5) is 25.7. The maximum Gasteiger partial charge on any atom is 0.285 e. The Bertz CT molecular complexity index is 594. The monoisotopic (exact) mass is 325 g/mol. The quantitative estimate of drug-likeness (QED) is 0.503. The number of benzene rings is 1. The summed E-state index contributed by atoms with van der Waals surface area (Å²) in [5, 5.41) is 11.3. The highest BCUT2D eigenvalue weighted by Crippen LogP contribution is 2.35. The Hall–Kier alpha value is -1.80. The molecule has 1 unspecified atom stereocenters. The van der Waals surface area contributed by atoms with E-state index in [2.05, 4.69) is 0 Å². The van der Waals surface area contributed by atoms with E-state index in [1.54, 1.807) is 11.0 Å². The third kappa shape index (κ3) is 3.17. The Morgan fingerprint density at radius 3 is 2.82 bits per heavy atom. The minimum atomic E-state index is -0.545. The van der Waals surface area contributed by atoms with Crippen LogP contribution >= 0.6 is 11.8 Å². The van der Waals surface area contributed by atoms with Crippen molar-refractivity contribution in [2.75, 3.05) is 33.0 Å². The van der Waals surface area contributed by atoms with Gasteiger partial charge >= 0.3 is 0 Å². The number of carbonyl (C=O) groups is 1. The molecule has 1 aromatic rings. The van der Waals surface area contributed by atoms with E-state index >= 15 is 0 Å². The van der Waals surface area contributed by atoms with Crippen LogP contribution in [0, 0.1) is 16.0 Å². The van der Waals surface area contributed by atoms with Gasteiger partial charge in [-0.15, -0.1) is 11.8 Å². The number of amides is 1. The number of hydrogen-bond donors (Lipinski definition) is 1. The first-order valence-electron chi connectivity index (χ1n) is 6.91. The van der Waals surface area contributed by atoms with Crippen molar-refractivity contribution in [3.8, 4) is 5.75 Å². The number of nitrogens with zero attached hydrogens (tertiary/aromatic N) is 2. The average molecular weight is 325 g/mol. The van der Waals surface area contributed by atoms with E-state index in [4.69, 9.17) is 10.5 Å². The molecule has 1 aromatic carbocycles. The summed E-state index contributed by atoms with van der Waals surface area (Å²) in [6, 6.07) is 2.86.